The molecule has 0 aromatic carbocycles. The van der Waals surface area contributed by atoms with Crippen molar-refractivity contribution < 1.29 is 9.90 Å². The fraction of sp³-hybridized carbons (Fsp3) is 0.923. The van der Waals surface area contributed by atoms with Crippen molar-refractivity contribution >= 4 is 5.91 Å². The van der Waals surface area contributed by atoms with Crippen molar-refractivity contribution in [3.63, 3.8) is 0 Å². The van der Waals surface area contributed by atoms with Crippen LogP contribution in [0.2, 0.25) is 0 Å². The van der Waals surface area contributed by atoms with E-state index in [1.807, 2.05) is 13.8 Å². The van der Waals surface area contributed by atoms with Crippen LogP contribution in [0.3, 0.4) is 0 Å². The Bertz CT molecular complexity index is 246. The number of hydrogen-bond donors (Lipinski definition) is 3. The second-order valence-electron chi connectivity index (χ2n) is 5.36. The predicted octanol–water partition coefficient (Wildman–Crippen LogP) is 1.18. The molecule has 0 aliphatic heterocycles. The molecule has 3 N–H and O–H groups in total. The number of rotatable bonds is 7. The number of nitrogens with one attached hydrogen (secondary N) is 2. The first kappa shape index (κ1) is 14.5. The summed E-state index contributed by atoms with van der Waals surface area (Å²) >= 11 is 0. The fourth-order valence-electron chi connectivity index (χ4n) is 2.35. The minimum atomic E-state index is -0.234. The van der Waals surface area contributed by atoms with Gasteiger partial charge in [0.05, 0.1) is 12.6 Å². The van der Waals surface area contributed by atoms with Gasteiger partial charge in [-0.2, -0.15) is 0 Å². The molecule has 0 bridgehead atoms. The lowest BCUT2D eigenvalue weighted by molar-refractivity contribution is -0.124. The number of carbonyl (C=O) groups is 1. The Morgan fingerprint density at radius 1 is 1.41 bits per heavy atom. The van der Waals surface area contributed by atoms with Crippen LogP contribution in [-0.2, 0) is 4.79 Å². The normalized spacial score (nSPS) is 21.4. The molecule has 1 aliphatic carbocycles. The van der Waals surface area contributed by atoms with E-state index in [2.05, 4.69) is 17.6 Å². The van der Waals surface area contributed by atoms with Gasteiger partial charge in [0.15, 0.2) is 0 Å². The third-order valence-electron chi connectivity index (χ3n) is 3.64. The summed E-state index contributed by atoms with van der Waals surface area (Å²) in [6.07, 6.45) is 5.14. The average Bonchev–Trinajstić information content (AvgIpc) is 2.23. The first-order valence-corrected chi connectivity index (χ1v) is 6.72. The van der Waals surface area contributed by atoms with Crippen molar-refractivity contribution in [2.45, 2.75) is 70.5 Å². The van der Waals surface area contributed by atoms with Crippen LogP contribution >= 0.6 is 0 Å². The van der Waals surface area contributed by atoms with Crippen LogP contribution in [0, 0.1) is 0 Å². The maximum Gasteiger partial charge on any atom is 0.237 e. The lowest BCUT2D eigenvalue weighted by Gasteiger charge is -2.43. The monoisotopic (exact) mass is 242 g/mol. The molecule has 0 saturated heterocycles. The van der Waals surface area contributed by atoms with Crippen LogP contribution in [0.25, 0.3) is 0 Å². The quantitative estimate of drug-likeness (QED) is 0.628. The predicted molar refractivity (Wildman–Crippen MR) is 68.8 cm³/mol. The summed E-state index contributed by atoms with van der Waals surface area (Å²) in [5.74, 6) is 0.0330. The Hall–Kier alpha value is -0.610. The molecular weight excluding hydrogens is 216 g/mol. The van der Waals surface area contributed by atoms with Crippen LogP contribution in [0.5, 0.6) is 0 Å². The molecule has 1 fully saturated rings. The van der Waals surface area contributed by atoms with Crippen LogP contribution in [0.15, 0.2) is 0 Å². The first-order chi connectivity index (χ1) is 8.03. The van der Waals surface area contributed by atoms with Crippen LogP contribution in [-0.4, -0.2) is 35.2 Å². The Morgan fingerprint density at radius 3 is 2.47 bits per heavy atom. The number of aliphatic hydroxyl groups excluding tert-OH is 1. The van der Waals surface area contributed by atoms with E-state index < -0.39 is 0 Å². The zero-order valence-corrected chi connectivity index (χ0v) is 11.3. The van der Waals surface area contributed by atoms with Crippen molar-refractivity contribution in [3.8, 4) is 0 Å². The van der Waals surface area contributed by atoms with E-state index in [0.717, 1.165) is 32.1 Å². The van der Waals surface area contributed by atoms with Gasteiger partial charge in [-0.15, -0.1) is 0 Å². The van der Waals surface area contributed by atoms with Crippen LogP contribution < -0.4 is 10.6 Å². The fourth-order valence-corrected chi connectivity index (χ4v) is 2.35. The van der Waals surface area contributed by atoms with Crippen LogP contribution in [0.4, 0.5) is 0 Å². The molecule has 2 unspecified atom stereocenters. The summed E-state index contributed by atoms with van der Waals surface area (Å²) in [6, 6.07) is -0.00928. The average molecular weight is 242 g/mol. The molecule has 1 rings (SSSR count). The number of carbonyl (C=O) groups excluding carboxylic acids is 1. The maximum atomic E-state index is 11.9. The standard InChI is InChI=1S/C13H26N2O2/c1-4-6-10(2)14-12(17)11(3)15-13(9-16)7-5-8-13/h10-11,15-16H,4-9H2,1-3H3,(H,14,17). The molecule has 17 heavy (non-hydrogen) atoms. The Balaban J connectivity index is 2.36. The zero-order valence-electron chi connectivity index (χ0n) is 11.3. The molecular formula is C13H26N2O2. The van der Waals surface area contributed by atoms with E-state index in [0.29, 0.717) is 0 Å². The number of amides is 1. The van der Waals surface area contributed by atoms with Gasteiger partial charge < -0.3 is 10.4 Å². The molecule has 4 heteroatoms. The van der Waals surface area contributed by atoms with Gasteiger partial charge in [-0.1, -0.05) is 13.3 Å². The van der Waals surface area contributed by atoms with E-state index in [-0.39, 0.29) is 30.1 Å². The van der Waals surface area contributed by atoms with Crippen molar-refractivity contribution in [2.75, 3.05) is 6.61 Å². The molecule has 1 amide bonds. The van der Waals surface area contributed by atoms with Crippen molar-refractivity contribution in [1.29, 1.82) is 0 Å². The molecule has 1 saturated carbocycles. The Kier molecular flexibility index (Phi) is 5.40. The number of hydrogen-bond acceptors (Lipinski definition) is 3. The van der Waals surface area contributed by atoms with Crippen LogP contribution in [0.1, 0.15) is 52.9 Å². The van der Waals surface area contributed by atoms with Crippen molar-refractivity contribution in [2.24, 2.45) is 0 Å². The summed E-state index contributed by atoms with van der Waals surface area (Å²) in [5.41, 5.74) is -0.204. The van der Waals surface area contributed by atoms with E-state index >= 15 is 0 Å². The molecule has 1 aliphatic rings. The lowest BCUT2D eigenvalue weighted by atomic mass is 9.77. The Morgan fingerprint density at radius 2 is 2.06 bits per heavy atom. The Labute approximate surface area is 104 Å². The third kappa shape index (κ3) is 3.96. The van der Waals surface area contributed by atoms with Gasteiger partial charge in [-0.3, -0.25) is 10.1 Å². The van der Waals surface area contributed by atoms with E-state index in [1.165, 1.54) is 0 Å². The SMILES string of the molecule is CCCC(C)NC(=O)C(C)NC1(CO)CCC1. The maximum absolute atomic E-state index is 11.9. The molecule has 0 aromatic heterocycles. The molecule has 0 spiro atoms. The molecule has 0 aromatic rings. The molecule has 2 atom stereocenters. The van der Waals surface area contributed by atoms with Gasteiger partial charge in [0.1, 0.15) is 0 Å². The highest BCUT2D eigenvalue weighted by Crippen LogP contribution is 2.31. The zero-order chi connectivity index (χ0) is 12.9. The summed E-state index contributed by atoms with van der Waals surface area (Å²) in [7, 11) is 0. The van der Waals surface area contributed by atoms with E-state index in [4.69, 9.17) is 0 Å². The second-order valence-corrected chi connectivity index (χ2v) is 5.36. The van der Waals surface area contributed by atoms with Gasteiger partial charge in [0, 0.05) is 11.6 Å². The summed E-state index contributed by atoms with van der Waals surface area (Å²) in [6.45, 7) is 6.12. The van der Waals surface area contributed by atoms with Crippen molar-refractivity contribution in [3.05, 3.63) is 0 Å². The van der Waals surface area contributed by atoms with Crippen molar-refractivity contribution in [1.82, 2.24) is 10.6 Å². The van der Waals surface area contributed by atoms with E-state index in [1.54, 1.807) is 0 Å². The summed E-state index contributed by atoms with van der Waals surface area (Å²) in [5, 5.41) is 15.6. The molecule has 4 nitrogen and oxygen atoms in total. The summed E-state index contributed by atoms with van der Waals surface area (Å²) in [4.78, 5) is 11.9. The minimum absolute atomic E-state index is 0.0330. The smallest absolute Gasteiger partial charge is 0.237 e. The first-order valence-electron chi connectivity index (χ1n) is 6.72. The largest absolute Gasteiger partial charge is 0.394 e. The minimum Gasteiger partial charge on any atom is -0.394 e. The topological polar surface area (TPSA) is 61.4 Å². The highest BCUT2D eigenvalue weighted by molar-refractivity contribution is 5.81. The highest BCUT2D eigenvalue weighted by atomic mass is 16.3. The number of aliphatic hydroxyl groups is 1. The lowest BCUT2D eigenvalue weighted by Crippen LogP contribution is -2.60. The molecule has 0 heterocycles. The summed E-state index contributed by atoms with van der Waals surface area (Å²) < 4.78 is 0. The molecule has 0 radical (unpaired) electrons. The van der Waals surface area contributed by atoms with Gasteiger partial charge in [-0.05, 0) is 39.5 Å². The van der Waals surface area contributed by atoms with Gasteiger partial charge in [0.2, 0.25) is 5.91 Å². The third-order valence-corrected chi connectivity index (χ3v) is 3.64. The van der Waals surface area contributed by atoms with Gasteiger partial charge in [-0.25, -0.2) is 0 Å². The van der Waals surface area contributed by atoms with Gasteiger partial charge >= 0.3 is 0 Å². The highest BCUT2D eigenvalue weighted by Gasteiger charge is 2.38. The second kappa shape index (κ2) is 6.36. The molecule has 100 valence electrons. The van der Waals surface area contributed by atoms with E-state index in [9.17, 15) is 9.90 Å². The van der Waals surface area contributed by atoms with Gasteiger partial charge in [0.25, 0.3) is 0 Å².